The highest BCUT2D eigenvalue weighted by molar-refractivity contribution is 6.30. The van der Waals surface area contributed by atoms with Gasteiger partial charge < -0.3 is 0 Å². The van der Waals surface area contributed by atoms with Crippen molar-refractivity contribution in [3.8, 4) is 5.69 Å². The number of halogens is 2. The summed E-state index contributed by atoms with van der Waals surface area (Å²) in [4.78, 5) is 25.0. The monoisotopic (exact) mass is 361 g/mol. The van der Waals surface area contributed by atoms with E-state index in [4.69, 9.17) is 23.2 Å². The maximum absolute atomic E-state index is 11.8. The predicted molar refractivity (Wildman–Crippen MR) is 94.5 cm³/mol. The van der Waals surface area contributed by atoms with E-state index in [0.29, 0.717) is 16.6 Å². The van der Waals surface area contributed by atoms with Crippen LogP contribution in [-0.4, -0.2) is 20.6 Å². The first kappa shape index (κ1) is 16.5. The predicted octanol–water partition coefficient (Wildman–Crippen LogP) is 2.94. The van der Waals surface area contributed by atoms with Crippen LogP contribution in [-0.2, 0) is 0 Å². The van der Waals surface area contributed by atoms with Gasteiger partial charge in [0.2, 0.25) is 0 Å². The molecule has 0 spiro atoms. The van der Waals surface area contributed by atoms with Crippen molar-refractivity contribution in [2.45, 2.75) is 5.92 Å². The zero-order valence-corrected chi connectivity index (χ0v) is 14.0. The SMILES string of the molecule is O=c1cnn(-c2ccc(C(CCl)c3ccc(Cl)cc3)cc2)c(=O)[nH]1. The maximum atomic E-state index is 11.8. The third-order valence-electron chi connectivity index (χ3n) is 3.68. The molecule has 0 saturated heterocycles. The summed E-state index contributed by atoms with van der Waals surface area (Å²) in [6.07, 6.45) is 1.06. The van der Waals surface area contributed by atoms with Crippen LogP contribution in [0.25, 0.3) is 5.69 Å². The molecule has 24 heavy (non-hydrogen) atoms. The first-order chi connectivity index (χ1) is 11.6. The van der Waals surface area contributed by atoms with Gasteiger partial charge in [0.15, 0.2) is 0 Å². The van der Waals surface area contributed by atoms with Gasteiger partial charge in [0, 0.05) is 16.8 Å². The van der Waals surface area contributed by atoms with E-state index in [1.807, 2.05) is 36.4 Å². The molecule has 0 aliphatic carbocycles. The molecule has 0 saturated carbocycles. The summed E-state index contributed by atoms with van der Waals surface area (Å²) in [5.41, 5.74) is 1.51. The molecule has 0 amide bonds. The Morgan fingerprint density at radius 1 is 1.00 bits per heavy atom. The van der Waals surface area contributed by atoms with Crippen LogP contribution < -0.4 is 11.2 Å². The molecule has 1 atom stereocenters. The van der Waals surface area contributed by atoms with Gasteiger partial charge in [-0.15, -0.1) is 11.6 Å². The Morgan fingerprint density at radius 3 is 2.12 bits per heavy atom. The zero-order valence-electron chi connectivity index (χ0n) is 12.4. The molecule has 0 bridgehead atoms. The Morgan fingerprint density at radius 2 is 1.58 bits per heavy atom. The molecule has 5 nitrogen and oxygen atoms in total. The molecule has 0 radical (unpaired) electrons. The van der Waals surface area contributed by atoms with Gasteiger partial charge in [0.05, 0.1) is 5.69 Å². The number of aromatic amines is 1. The molecule has 122 valence electrons. The number of hydrogen-bond acceptors (Lipinski definition) is 3. The highest BCUT2D eigenvalue weighted by atomic mass is 35.5. The van der Waals surface area contributed by atoms with Gasteiger partial charge in [0.25, 0.3) is 5.56 Å². The number of alkyl halides is 1. The van der Waals surface area contributed by atoms with Crippen molar-refractivity contribution in [3.05, 3.63) is 91.7 Å². The maximum Gasteiger partial charge on any atom is 0.349 e. The highest BCUT2D eigenvalue weighted by Crippen LogP contribution is 2.27. The fraction of sp³-hybridized carbons (Fsp3) is 0.118. The lowest BCUT2D eigenvalue weighted by atomic mass is 9.93. The third kappa shape index (κ3) is 3.42. The molecule has 3 rings (SSSR count). The Kier molecular flexibility index (Phi) is 4.83. The summed E-state index contributed by atoms with van der Waals surface area (Å²) in [6.45, 7) is 0. The van der Waals surface area contributed by atoms with E-state index in [9.17, 15) is 9.59 Å². The van der Waals surface area contributed by atoms with Crippen LogP contribution in [0.3, 0.4) is 0 Å². The van der Waals surface area contributed by atoms with Crippen LogP contribution in [0, 0.1) is 0 Å². The highest BCUT2D eigenvalue weighted by Gasteiger charge is 2.13. The topological polar surface area (TPSA) is 67.8 Å². The number of hydrogen-bond donors (Lipinski definition) is 1. The van der Waals surface area contributed by atoms with Crippen molar-refractivity contribution in [1.82, 2.24) is 14.8 Å². The van der Waals surface area contributed by atoms with Crippen molar-refractivity contribution in [2.24, 2.45) is 0 Å². The van der Waals surface area contributed by atoms with Crippen LogP contribution in [0.2, 0.25) is 5.02 Å². The smallest absolute Gasteiger partial charge is 0.271 e. The van der Waals surface area contributed by atoms with E-state index in [2.05, 4.69) is 10.1 Å². The van der Waals surface area contributed by atoms with Gasteiger partial charge in [-0.3, -0.25) is 9.78 Å². The van der Waals surface area contributed by atoms with Crippen molar-refractivity contribution < 1.29 is 0 Å². The second-order valence-corrected chi connectivity index (χ2v) is 5.95. The van der Waals surface area contributed by atoms with E-state index in [1.54, 1.807) is 12.1 Å². The number of benzene rings is 2. The molecule has 1 unspecified atom stereocenters. The van der Waals surface area contributed by atoms with Gasteiger partial charge >= 0.3 is 5.69 Å². The van der Waals surface area contributed by atoms with Gasteiger partial charge in [-0.1, -0.05) is 35.9 Å². The zero-order chi connectivity index (χ0) is 17.1. The van der Waals surface area contributed by atoms with Gasteiger partial charge in [-0.25, -0.2) is 4.79 Å². The van der Waals surface area contributed by atoms with E-state index < -0.39 is 11.2 Å². The average molecular weight is 362 g/mol. The number of nitrogens with one attached hydrogen (secondary N) is 1. The van der Waals surface area contributed by atoms with E-state index in [0.717, 1.165) is 22.0 Å². The standard InChI is InChI=1S/C17H13Cl2N3O2/c18-9-15(11-1-5-13(19)6-2-11)12-3-7-14(8-4-12)22-17(24)21-16(23)10-20-22/h1-8,10,15H,9H2,(H,21,23,24). The summed E-state index contributed by atoms with van der Waals surface area (Å²) < 4.78 is 1.13. The molecule has 0 aliphatic rings. The number of nitrogens with zero attached hydrogens (tertiary/aromatic N) is 2. The molecule has 1 aromatic heterocycles. The molecule has 1 heterocycles. The normalized spacial score (nSPS) is 12.1. The van der Waals surface area contributed by atoms with Gasteiger partial charge in [0.1, 0.15) is 6.20 Å². The Labute approximate surface area is 147 Å². The first-order valence-corrected chi connectivity index (χ1v) is 8.10. The molecular formula is C17H13Cl2N3O2. The summed E-state index contributed by atoms with van der Waals surface area (Å²) in [7, 11) is 0. The summed E-state index contributed by atoms with van der Waals surface area (Å²) in [6, 6.07) is 14.8. The minimum atomic E-state index is -0.582. The van der Waals surface area contributed by atoms with Crippen molar-refractivity contribution >= 4 is 23.2 Å². The molecule has 2 aromatic carbocycles. The largest absolute Gasteiger partial charge is 0.349 e. The number of rotatable bonds is 4. The molecule has 0 fully saturated rings. The second-order valence-electron chi connectivity index (χ2n) is 5.20. The third-order valence-corrected chi connectivity index (χ3v) is 4.24. The summed E-state index contributed by atoms with van der Waals surface area (Å²) in [5.74, 6) is 0.427. The van der Waals surface area contributed by atoms with Crippen LogP contribution >= 0.6 is 23.2 Å². The van der Waals surface area contributed by atoms with Gasteiger partial charge in [-0.05, 0) is 35.4 Å². The molecular weight excluding hydrogens is 349 g/mol. The number of H-pyrrole nitrogens is 1. The van der Waals surface area contributed by atoms with E-state index >= 15 is 0 Å². The minimum absolute atomic E-state index is 0.0123. The molecule has 7 heteroatoms. The Balaban J connectivity index is 1.94. The van der Waals surface area contributed by atoms with Crippen LogP contribution in [0.5, 0.6) is 0 Å². The summed E-state index contributed by atoms with van der Waals surface area (Å²) in [5, 5.41) is 4.50. The first-order valence-electron chi connectivity index (χ1n) is 7.19. The minimum Gasteiger partial charge on any atom is -0.271 e. The van der Waals surface area contributed by atoms with Crippen LogP contribution in [0.15, 0.2) is 64.3 Å². The van der Waals surface area contributed by atoms with Crippen molar-refractivity contribution in [1.29, 1.82) is 0 Å². The average Bonchev–Trinajstić information content (AvgIpc) is 2.58. The molecule has 0 aliphatic heterocycles. The lowest BCUT2D eigenvalue weighted by molar-refractivity contribution is 0.749. The van der Waals surface area contributed by atoms with Crippen molar-refractivity contribution in [2.75, 3.05) is 5.88 Å². The van der Waals surface area contributed by atoms with Crippen LogP contribution in [0.4, 0.5) is 0 Å². The van der Waals surface area contributed by atoms with E-state index in [-0.39, 0.29) is 5.92 Å². The quantitative estimate of drug-likeness (QED) is 0.726. The van der Waals surface area contributed by atoms with E-state index in [1.165, 1.54) is 0 Å². The fourth-order valence-corrected chi connectivity index (χ4v) is 2.93. The summed E-state index contributed by atoms with van der Waals surface area (Å²) >= 11 is 12.1. The molecule has 1 N–H and O–H groups in total. The fourth-order valence-electron chi connectivity index (χ4n) is 2.45. The lowest BCUT2D eigenvalue weighted by Gasteiger charge is -2.15. The lowest BCUT2D eigenvalue weighted by Crippen LogP contribution is -2.30. The van der Waals surface area contributed by atoms with Crippen molar-refractivity contribution in [3.63, 3.8) is 0 Å². The number of aromatic nitrogens is 3. The second kappa shape index (κ2) is 7.03. The van der Waals surface area contributed by atoms with Crippen LogP contribution in [0.1, 0.15) is 17.0 Å². The Hall–Kier alpha value is -2.37. The Bertz CT molecular complexity index is 947. The van der Waals surface area contributed by atoms with Gasteiger partial charge in [-0.2, -0.15) is 9.78 Å². The molecule has 3 aromatic rings.